The Hall–Kier alpha value is -2.89. The molecule has 1 heterocycles. The molecule has 1 saturated heterocycles. The van der Waals surface area contributed by atoms with Gasteiger partial charge in [0.25, 0.3) is 5.91 Å². The van der Waals surface area contributed by atoms with E-state index in [1.165, 1.54) is 30.3 Å². The number of benzene rings is 2. The van der Waals surface area contributed by atoms with Crippen molar-refractivity contribution in [1.29, 1.82) is 0 Å². The van der Waals surface area contributed by atoms with Crippen LogP contribution in [0.5, 0.6) is 5.75 Å². The molecule has 0 radical (unpaired) electrons. The Morgan fingerprint density at radius 2 is 1.89 bits per heavy atom. The molecule has 0 aromatic heterocycles. The number of ether oxygens (including phenoxy) is 2. The molecule has 2 aromatic rings. The van der Waals surface area contributed by atoms with Crippen LogP contribution in [-0.4, -0.2) is 69.6 Å². The average Bonchev–Trinajstić information content (AvgIpc) is 2.79. The van der Waals surface area contributed by atoms with Gasteiger partial charge in [0.2, 0.25) is 10.0 Å². The van der Waals surface area contributed by atoms with E-state index in [9.17, 15) is 22.4 Å². The SMILES string of the molecule is COC(=O)NS(=O)(=O)Cc1cc(Cl)ccc1OCC(=O)N1CCN(Cc2ccc(F)cc2)C[C@H]1C. The molecule has 1 atom stereocenters. The standard InChI is InChI=1S/C23H27ClFN3O6S/c1-16-12-27(13-17-3-6-20(25)7-4-17)9-10-28(16)22(29)14-34-21-8-5-19(24)11-18(21)15-35(31,32)26-23(30)33-2/h3-8,11,16H,9-10,12-15H2,1-2H3,(H,26,30)/t16-/m1/s1. The second kappa shape index (κ2) is 11.7. The first-order chi connectivity index (χ1) is 16.6. The molecular weight excluding hydrogens is 501 g/mol. The number of carbonyl (C=O) groups is 2. The predicted octanol–water partition coefficient (Wildman–Crippen LogP) is 2.78. The summed E-state index contributed by atoms with van der Waals surface area (Å²) in [6, 6.07) is 10.7. The van der Waals surface area contributed by atoms with Crippen LogP contribution in [0.15, 0.2) is 42.5 Å². The summed E-state index contributed by atoms with van der Waals surface area (Å²) in [6.45, 7) is 4.10. The molecule has 0 bridgehead atoms. The quantitative estimate of drug-likeness (QED) is 0.562. The van der Waals surface area contributed by atoms with Crippen LogP contribution in [-0.2, 0) is 31.9 Å². The Balaban J connectivity index is 1.58. The van der Waals surface area contributed by atoms with Crippen molar-refractivity contribution in [3.8, 4) is 5.75 Å². The van der Waals surface area contributed by atoms with E-state index in [2.05, 4.69) is 9.64 Å². The summed E-state index contributed by atoms with van der Waals surface area (Å²) in [4.78, 5) is 28.1. The Kier molecular flexibility index (Phi) is 8.92. The monoisotopic (exact) mass is 527 g/mol. The number of nitrogens with one attached hydrogen (secondary N) is 1. The maximum absolute atomic E-state index is 13.1. The van der Waals surface area contributed by atoms with Crippen molar-refractivity contribution >= 4 is 33.6 Å². The summed E-state index contributed by atoms with van der Waals surface area (Å²) in [6.07, 6.45) is -1.11. The number of amides is 2. The molecule has 1 aliphatic rings. The van der Waals surface area contributed by atoms with E-state index in [-0.39, 0.29) is 40.7 Å². The van der Waals surface area contributed by atoms with Crippen molar-refractivity contribution in [3.63, 3.8) is 0 Å². The van der Waals surface area contributed by atoms with E-state index in [0.717, 1.165) is 12.7 Å². The summed E-state index contributed by atoms with van der Waals surface area (Å²) in [5, 5.41) is 0.276. The molecule has 12 heteroatoms. The third kappa shape index (κ3) is 7.81. The average molecular weight is 528 g/mol. The Bertz CT molecular complexity index is 1160. The maximum atomic E-state index is 13.1. The minimum absolute atomic E-state index is 0.0744. The topological polar surface area (TPSA) is 105 Å². The maximum Gasteiger partial charge on any atom is 0.420 e. The fourth-order valence-corrected chi connectivity index (χ4v) is 5.07. The van der Waals surface area contributed by atoms with Crippen molar-refractivity contribution in [2.45, 2.75) is 25.3 Å². The highest BCUT2D eigenvalue weighted by molar-refractivity contribution is 7.89. The highest BCUT2D eigenvalue weighted by Gasteiger charge is 2.28. The number of methoxy groups -OCH3 is 1. The van der Waals surface area contributed by atoms with Crippen molar-refractivity contribution in [1.82, 2.24) is 14.5 Å². The van der Waals surface area contributed by atoms with Crippen LogP contribution in [0.2, 0.25) is 5.02 Å². The van der Waals surface area contributed by atoms with Gasteiger partial charge in [0.05, 0.1) is 12.9 Å². The van der Waals surface area contributed by atoms with Crippen LogP contribution < -0.4 is 9.46 Å². The van der Waals surface area contributed by atoms with Gasteiger partial charge in [0, 0.05) is 42.8 Å². The molecule has 0 unspecified atom stereocenters. The third-order valence-electron chi connectivity index (χ3n) is 5.49. The molecule has 190 valence electrons. The molecule has 0 spiro atoms. The van der Waals surface area contributed by atoms with Crippen LogP contribution in [0.25, 0.3) is 0 Å². The van der Waals surface area contributed by atoms with Gasteiger partial charge in [-0.1, -0.05) is 23.7 Å². The number of hydrogen-bond donors (Lipinski definition) is 1. The normalized spacial score (nSPS) is 16.6. The van der Waals surface area contributed by atoms with Crippen molar-refractivity contribution in [2.75, 3.05) is 33.4 Å². The van der Waals surface area contributed by atoms with Gasteiger partial charge < -0.3 is 14.4 Å². The number of carbonyl (C=O) groups excluding carboxylic acids is 2. The molecule has 3 rings (SSSR count). The summed E-state index contributed by atoms with van der Waals surface area (Å²) in [5.41, 5.74) is 1.19. The van der Waals surface area contributed by atoms with Gasteiger partial charge in [-0.15, -0.1) is 0 Å². The van der Waals surface area contributed by atoms with Crippen LogP contribution in [0.4, 0.5) is 9.18 Å². The van der Waals surface area contributed by atoms with E-state index in [1.54, 1.807) is 21.8 Å². The number of rotatable bonds is 8. The zero-order valence-corrected chi connectivity index (χ0v) is 20.9. The second-order valence-electron chi connectivity index (χ2n) is 8.19. The first-order valence-corrected chi connectivity index (χ1v) is 12.9. The summed E-state index contributed by atoms with van der Waals surface area (Å²) >= 11 is 6.00. The lowest BCUT2D eigenvalue weighted by Gasteiger charge is -2.39. The molecule has 0 aliphatic carbocycles. The van der Waals surface area contributed by atoms with Gasteiger partial charge in [-0.3, -0.25) is 9.69 Å². The lowest BCUT2D eigenvalue weighted by molar-refractivity contribution is -0.138. The molecule has 9 nitrogen and oxygen atoms in total. The number of sulfonamides is 1. The summed E-state index contributed by atoms with van der Waals surface area (Å²) < 4.78 is 49.3. The second-order valence-corrected chi connectivity index (χ2v) is 10.3. The first-order valence-electron chi connectivity index (χ1n) is 10.8. The molecular formula is C23H27ClFN3O6S. The van der Waals surface area contributed by atoms with E-state index in [4.69, 9.17) is 16.3 Å². The van der Waals surface area contributed by atoms with E-state index in [0.29, 0.717) is 26.2 Å². The van der Waals surface area contributed by atoms with Crippen LogP contribution in [0.3, 0.4) is 0 Å². The van der Waals surface area contributed by atoms with Crippen molar-refractivity contribution in [3.05, 3.63) is 64.4 Å². The Morgan fingerprint density at radius 3 is 2.54 bits per heavy atom. The van der Waals surface area contributed by atoms with Crippen LogP contribution >= 0.6 is 11.6 Å². The van der Waals surface area contributed by atoms with E-state index in [1.807, 2.05) is 6.92 Å². The van der Waals surface area contributed by atoms with Gasteiger partial charge in [0.1, 0.15) is 11.6 Å². The zero-order valence-electron chi connectivity index (χ0n) is 19.4. The largest absolute Gasteiger partial charge is 0.483 e. The number of piperazine rings is 1. The smallest absolute Gasteiger partial charge is 0.420 e. The van der Waals surface area contributed by atoms with Gasteiger partial charge in [-0.05, 0) is 42.8 Å². The van der Waals surface area contributed by atoms with Crippen LogP contribution in [0.1, 0.15) is 18.1 Å². The highest BCUT2D eigenvalue weighted by atomic mass is 35.5. The molecule has 1 aliphatic heterocycles. The summed E-state index contributed by atoms with van der Waals surface area (Å²) in [5.74, 6) is -0.945. The highest BCUT2D eigenvalue weighted by Crippen LogP contribution is 2.25. The molecule has 2 aromatic carbocycles. The van der Waals surface area contributed by atoms with Crippen LogP contribution in [0, 0.1) is 5.82 Å². The van der Waals surface area contributed by atoms with Gasteiger partial charge in [-0.2, -0.15) is 0 Å². The van der Waals surface area contributed by atoms with Gasteiger partial charge in [-0.25, -0.2) is 22.3 Å². The molecule has 1 N–H and O–H groups in total. The minimum Gasteiger partial charge on any atom is -0.483 e. The Morgan fingerprint density at radius 1 is 1.17 bits per heavy atom. The zero-order chi connectivity index (χ0) is 25.6. The van der Waals surface area contributed by atoms with Gasteiger partial charge >= 0.3 is 6.09 Å². The predicted molar refractivity (Wildman–Crippen MR) is 128 cm³/mol. The van der Waals surface area contributed by atoms with E-state index < -0.39 is 21.9 Å². The Labute approximate surface area is 208 Å². The molecule has 2 amide bonds. The fraction of sp³-hybridized carbons (Fsp3) is 0.391. The molecule has 1 fully saturated rings. The third-order valence-corrected chi connectivity index (χ3v) is 6.90. The van der Waals surface area contributed by atoms with E-state index >= 15 is 0 Å². The molecule has 0 saturated carbocycles. The lowest BCUT2D eigenvalue weighted by Crippen LogP contribution is -2.54. The first kappa shape index (κ1) is 26.7. The lowest BCUT2D eigenvalue weighted by atomic mass is 10.1. The fourth-order valence-electron chi connectivity index (χ4n) is 3.83. The minimum atomic E-state index is -4.07. The number of nitrogens with zero attached hydrogens (tertiary/aromatic N) is 2. The van der Waals surface area contributed by atoms with Crippen molar-refractivity contribution < 1.29 is 31.9 Å². The van der Waals surface area contributed by atoms with Crippen molar-refractivity contribution in [2.24, 2.45) is 0 Å². The number of halogens is 2. The number of hydrogen-bond acceptors (Lipinski definition) is 7. The van der Waals surface area contributed by atoms with Gasteiger partial charge in [0.15, 0.2) is 6.61 Å². The molecule has 35 heavy (non-hydrogen) atoms. The summed E-state index contributed by atoms with van der Waals surface area (Å²) in [7, 11) is -3.02.